The molecule has 5 nitrogen and oxygen atoms in total. The highest BCUT2D eigenvalue weighted by molar-refractivity contribution is 6.30. The number of imidazole rings is 1. The normalized spacial score (nSPS) is 19.4. The third-order valence-electron chi connectivity index (χ3n) is 6.04. The molecule has 4 rings (SSSR count). The minimum absolute atomic E-state index is 0.0271. The highest BCUT2D eigenvalue weighted by Gasteiger charge is 2.30. The number of unbranched alkanes of at least 4 members (excludes halogenated alkanes) is 2. The molecular formula is C23H29ClN4O. The molecule has 0 amide bonds. The van der Waals surface area contributed by atoms with Gasteiger partial charge in [-0.2, -0.15) is 0 Å². The maximum atomic E-state index is 13.0. The van der Waals surface area contributed by atoms with Crippen molar-refractivity contribution in [1.29, 1.82) is 0 Å². The predicted molar refractivity (Wildman–Crippen MR) is 120 cm³/mol. The topological polar surface area (TPSA) is 42.5 Å². The zero-order chi connectivity index (χ0) is 20.5. The van der Waals surface area contributed by atoms with Crippen LogP contribution in [-0.4, -0.2) is 26.0 Å². The van der Waals surface area contributed by atoms with Crippen LogP contribution >= 0.6 is 11.6 Å². The highest BCUT2D eigenvalue weighted by atomic mass is 35.5. The van der Waals surface area contributed by atoms with Crippen molar-refractivity contribution < 1.29 is 0 Å². The van der Waals surface area contributed by atoms with E-state index in [-0.39, 0.29) is 5.56 Å². The molecule has 29 heavy (non-hydrogen) atoms. The van der Waals surface area contributed by atoms with Crippen molar-refractivity contribution in [3.63, 3.8) is 0 Å². The van der Waals surface area contributed by atoms with E-state index in [1.54, 1.807) is 10.5 Å². The third kappa shape index (κ3) is 3.80. The number of aromatic nitrogens is 3. The molecule has 3 heterocycles. The average Bonchev–Trinajstić information content (AvgIpc) is 3.28. The first-order valence-electron chi connectivity index (χ1n) is 10.7. The van der Waals surface area contributed by atoms with Crippen LogP contribution in [0.1, 0.15) is 52.9 Å². The van der Waals surface area contributed by atoms with Crippen molar-refractivity contribution in [2.45, 2.75) is 71.5 Å². The lowest BCUT2D eigenvalue weighted by Gasteiger charge is -2.31. The van der Waals surface area contributed by atoms with Gasteiger partial charge in [0.1, 0.15) is 5.82 Å². The van der Waals surface area contributed by atoms with E-state index in [0.717, 1.165) is 61.5 Å². The Kier molecular flexibility index (Phi) is 5.68. The van der Waals surface area contributed by atoms with Gasteiger partial charge in [-0.3, -0.25) is 13.8 Å². The molecule has 3 aromatic rings. The number of halogens is 1. The fraction of sp³-hybridized carbons (Fsp3) is 0.478. The monoisotopic (exact) mass is 412 g/mol. The Morgan fingerprint density at radius 2 is 1.79 bits per heavy atom. The van der Waals surface area contributed by atoms with Crippen LogP contribution in [0.2, 0.25) is 5.02 Å². The smallest absolute Gasteiger partial charge is 0.261 e. The summed E-state index contributed by atoms with van der Waals surface area (Å²) in [5.74, 6) is 1.73. The summed E-state index contributed by atoms with van der Waals surface area (Å²) < 4.78 is 3.93. The Bertz CT molecular complexity index is 1040. The van der Waals surface area contributed by atoms with Crippen LogP contribution in [0.25, 0.3) is 17.0 Å². The first kappa shape index (κ1) is 20.0. The summed E-state index contributed by atoms with van der Waals surface area (Å²) in [5.41, 5.74) is 1.73. The van der Waals surface area contributed by atoms with E-state index in [0.29, 0.717) is 17.1 Å². The molecule has 2 atom stereocenters. The fourth-order valence-electron chi connectivity index (χ4n) is 4.44. The number of nitrogens with zero attached hydrogens (tertiary/aromatic N) is 4. The van der Waals surface area contributed by atoms with Crippen molar-refractivity contribution in [1.82, 2.24) is 14.0 Å². The number of hydrogen-bond donors (Lipinski definition) is 0. The van der Waals surface area contributed by atoms with Gasteiger partial charge in [-0.05, 0) is 45.2 Å². The number of rotatable bonds is 6. The lowest BCUT2D eigenvalue weighted by molar-refractivity contribution is 0.576. The molecule has 0 radical (unpaired) electrons. The van der Waals surface area contributed by atoms with E-state index < -0.39 is 0 Å². The van der Waals surface area contributed by atoms with Crippen LogP contribution in [0.4, 0.5) is 5.82 Å². The maximum Gasteiger partial charge on any atom is 0.261 e. The molecule has 0 aliphatic carbocycles. The standard InChI is InChI=1S/C23H29ClN4O/c1-4-5-6-13-26-21(28-16(2)7-8-17(28)3)14-22(29)27-15-20(25-23(26)27)18-9-11-19(24)12-10-18/h9-12,14-17H,4-8,13H2,1-3H3. The summed E-state index contributed by atoms with van der Waals surface area (Å²) in [4.78, 5) is 20.3. The first-order chi connectivity index (χ1) is 14.0. The van der Waals surface area contributed by atoms with Crippen molar-refractivity contribution >= 4 is 23.2 Å². The minimum Gasteiger partial charge on any atom is -0.352 e. The van der Waals surface area contributed by atoms with Gasteiger partial charge in [0.15, 0.2) is 0 Å². The van der Waals surface area contributed by atoms with Gasteiger partial charge in [-0.1, -0.05) is 43.5 Å². The highest BCUT2D eigenvalue weighted by Crippen LogP contribution is 2.31. The third-order valence-corrected chi connectivity index (χ3v) is 6.29. The van der Waals surface area contributed by atoms with Crippen molar-refractivity contribution in [2.75, 3.05) is 4.90 Å². The fourth-order valence-corrected chi connectivity index (χ4v) is 4.56. The molecule has 1 fully saturated rings. The number of anilines is 1. The summed E-state index contributed by atoms with van der Waals surface area (Å²) in [6, 6.07) is 10.2. The number of benzene rings is 1. The lowest BCUT2D eigenvalue weighted by Crippen LogP contribution is -2.37. The Hall–Kier alpha value is -2.27. The van der Waals surface area contributed by atoms with Gasteiger partial charge in [0.25, 0.3) is 5.56 Å². The molecule has 1 saturated heterocycles. The molecule has 2 aromatic heterocycles. The van der Waals surface area contributed by atoms with E-state index in [1.807, 2.05) is 30.5 Å². The second kappa shape index (κ2) is 8.23. The number of hydrogen-bond acceptors (Lipinski definition) is 3. The van der Waals surface area contributed by atoms with E-state index in [2.05, 4.69) is 30.2 Å². The molecule has 0 bridgehead atoms. The molecule has 1 aromatic carbocycles. The van der Waals surface area contributed by atoms with Gasteiger partial charge in [0, 0.05) is 41.5 Å². The van der Waals surface area contributed by atoms with Gasteiger partial charge in [-0.15, -0.1) is 0 Å². The van der Waals surface area contributed by atoms with E-state index in [1.165, 1.54) is 0 Å². The van der Waals surface area contributed by atoms with Gasteiger partial charge in [0.2, 0.25) is 5.78 Å². The van der Waals surface area contributed by atoms with E-state index in [9.17, 15) is 4.79 Å². The molecule has 1 aliphatic heterocycles. The molecule has 0 saturated carbocycles. The second-order valence-electron chi connectivity index (χ2n) is 8.19. The van der Waals surface area contributed by atoms with E-state index in [4.69, 9.17) is 16.6 Å². The van der Waals surface area contributed by atoms with Gasteiger partial charge in [-0.25, -0.2) is 4.98 Å². The van der Waals surface area contributed by atoms with Crippen molar-refractivity contribution in [2.24, 2.45) is 0 Å². The van der Waals surface area contributed by atoms with Crippen LogP contribution in [0.15, 0.2) is 41.3 Å². The lowest BCUT2D eigenvalue weighted by atomic mass is 10.2. The van der Waals surface area contributed by atoms with Crippen LogP contribution in [0.3, 0.4) is 0 Å². The molecule has 0 spiro atoms. The Balaban J connectivity index is 1.87. The molecular weight excluding hydrogens is 384 g/mol. The number of fused-ring (bicyclic) bond motifs is 1. The van der Waals surface area contributed by atoms with Gasteiger partial charge >= 0.3 is 0 Å². The predicted octanol–water partition coefficient (Wildman–Crippen LogP) is 5.38. The molecule has 154 valence electrons. The second-order valence-corrected chi connectivity index (χ2v) is 8.62. The summed E-state index contributed by atoms with van der Waals surface area (Å²) in [6.45, 7) is 7.57. The molecule has 0 N–H and O–H groups in total. The number of aryl methyl sites for hydroxylation is 1. The Morgan fingerprint density at radius 1 is 1.10 bits per heavy atom. The minimum atomic E-state index is -0.0271. The van der Waals surface area contributed by atoms with Gasteiger partial charge < -0.3 is 4.90 Å². The zero-order valence-electron chi connectivity index (χ0n) is 17.4. The molecule has 6 heteroatoms. The van der Waals surface area contributed by atoms with Crippen molar-refractivity contribution in [3.8, 4) is 11.3 Å². The Morgan fingerprint density at radius 3 is 2.45 bits per heavy atom. The largest absolute Gasteiger partial charge is 0.352 e. The molecule has 1 aliphatic rings. The van der Waals surface area contributed by atoms with Crippen LogP contribution in [0.5, 0.6) is 0 Å². The summed E-state index contributed by atoms with van der Waals surface area (Å²) in [6.07, 6.45) is 7.54. The van der Waals surface area contributed by atoms with Crippen LogP contribution in [0, 0.1) is 0 Å². The summed E-state index contributed by atoms with van der Waals surface area (Å²) in [5, 5.41) is 0.691. The molecule has 2 unspecified atom stereocenters. The quantitative estimate of drug-likeness (QED) is 0.510. The SMILES string of the molecule is CCCCCn1c(N2C(C)CCC2C)cc(=O)n2cc(-c3ccc(Cl)cc3)nc12. The van der Waals surface area contributed by atoms with Crippen molar-refractivity contribution in [3.05, 3.63) is 51.9 Å². The summed E-state index contributed by atoms with van der Waals surface area (Å²) >= 11 is 6.03. The van der Waals surface area contributed by atoms with Crippen LogP contribution < -0.4 is 10.5 Å². The maximum absolute atomic E-state index is 13.0. The first-order valence-corrected chi connectivity index (χ1v) is 11.0. The van der Waals surface area contributed by atoms with E-state index >= 15 is 0 Å². The van der Waals surface area contributed by atoms with Crippen LogP contribution in [-0.2, 0) is 6.54 Å². The van der Waals surface area contributed by atoms with Gasteiger partial charge in [0.05, 0.1) is 5.69 Å². The zero-order valence-corrected chi connectivity index (χ0v) is 18.2. The average molecular weight is 413 g/mol. The summed E-state index contributed by atoms with van der Waals surface area (Å²) in [7, 11) is 0. The Labute approximate surface area is 176 Å².